The zero-order valence-corrected chi connectivity index (χ0v) is 7.97. The second-order valence-corrected chi connectivity index (χ2v) is 4.26. The first-order valence-electron chi connectivity index (χ1n) is 4.15. The Morgan fingerprint density at radius 2 is 2.50 bits per heavy atom. The first kappa shape index (κ1) is 9.86. The summed E-state index contributed by atoms with van der Waals surface area (Å²) in [7, 11) is 0. The molecule has 0 radical (unpaired) electrons. The van der Waals surface area contributed by atoms with Crippen molar-refractivity contribution in [1.29, 1.82) is 0 Å². The smallest absolute Gasteiger partial charge is 0.304 e. The molecule has 0 bridgehead atoms. The Morgan fingerprint density at radius 1 is 1.75 bits per heavy atom. The molecule has 0 aromatic heterocycles. The van der Waals surface area contributed by atoms with Gasteiger partial charge in [-0.3, -0.25) is 4.79 Å². The molecule has 1 aliphatic heterocycles. The van der Waals surface area contributed by atoms with Crippen LogP contribution in [0, 0.1) is 0 Å². The van der Waals surface area contributed by atoms with E-state index in [1.54, 1.807) is 11.8 Å². The van der Waals surface area contributed by atoms with Crippen LogP contribution in [0.3, 0.4) is 0 Å². The summed E-state index contributed by atoms with van der Waals surface area (Å²) < 4.78 is 5.35. The first-order valence-corrected chi connectivity index (χ1v) is 5.20. The predicted molar refractivity (Wildman–Crippen MR) is 48.5 cm³/mol. The van der Waals surface area contributed by atoms with Gasteiger partial charge in [0.25, 0.3) is 0 Å². The number of aliphatic carboxylic acids is 1. The molecular weight excluding hydrogens is 176 g/mol. The molecule has 0 amide bonds. The fraction of sp³-hybridized carbons (Fsp3) is 0.875. The van der Waals surface area contributed by atoms with Crippen LogP contribution in [0.4, 0.5) is 0 Å². The second kappa shape index (κ2) is 4.72. The number of carboxylic acids is 1. The summed E-state index contributed by atoms with van der Waals surface area (Å²) in [6.07, 6.45) is 1.61. The molecule has 1 aliphatic rings. The Labute approximate surface area is 76.5 Å². The Kier molecular flexibility index (Phi) is 3.88. The van der Waals surface area contributed by atoms with E-state index in [0.29, 0.717) is 17.1 Å². The van der Waals surface area contributed by atoms with Gasteiger partial charge >= 0.3 is 5.97 Å². The summed E-state index contributed by atoms with van der Waals surface area (Å²) in [6.45, 7) is 2.87. The van der Waals surface area contributed by atoms with Crippen molar-refractivity contribution >= 4 is 17.7 Å². The summed E-state index contributed by atoms with van der Waals surface area (Å²) >= 11 is 1.71. The molecule has 1 heterocycles. The van der Waals surface area contributed by atoms with Crippen molar-refractivity contribution in [2.45, 2.75) is 31.1 Å². The molecule has 4 heteroatoms. The monoisotopic (exact) mass is 190 g/mol. The van der Waals surface area contributed by atoms with Crippen LogP contribution in [-0.4, -0.2) is 34.8 Å². The van der Waals surface area contributed by atoms with Gasteiger partial charge in [-0.1, -0.05) is 0 Å². The van der Waals surface area contributed by atoms with Gasteiger partial charge in [-0.05, 0) is 13.3 Å². The van der Waals surface area contributed by atoms with E-state index in [1.165, 1.54) is 0 Å². The van der Waals surface area contributed by atoms with Gasteiger partial charge in [-0.25, -0.2) is 0 Å². The minimum Gasteiger partial charge on any atom is -0.481 e. The van der Waals surface area contributed by atoms with Gasteiger partial charge in [0, 0.05) is 17.6 Å². The number of ether oxygens (including phenoxy) is 1. The Bertz CT molecular complexity index is 160. The van der Waals surface area contributed by atoms with Gasteiger partial charge in [0.15, 0.2) is 0 Å². The lowest BCUT2D eigenvalue weighted by atomic mass is 10.3. The van der Waals surface area contributed by atoms with Crippen molar-refractivity contribution < 1.29 is 14.6 Å². The predicted octanol–water partition coefficient (Wildman–Crippen LogP) is 1.37. The molecule has 0 aromatic rings. The average Bonchev–Trinajstić information content (AvgIpc) is 2.36. The van der Waals surface area contributed by atoms with Crippen molar-refractivity contribution in [2.24, 2.45) is 0 Å². The Morgan fingerprint density at radius 3 is 3.00 bits per heavy atom. The van der Waals surface area contributed by atoms with Gasteiger partial charge < -0.3 is 9.84 Å². The summed E-state index contributed by atoms with van der Waals surface area (Å²) in [5, 5.41) is 8.91. The lowest BCUT2D eigenvalue weighted by molar-refractivity contribution is -0.136. The van der Waals surface area contributed by atoms with Crippen molar-refractivity contribution in [1.82, 2.24) is 0 Å². The average molecular weight is 190 g/mol. The Hall–Kier alpha value is -0.220. The van der Waals surface area contributed by atoms with Crippen LogP contribution in [0.15, 0.2) is 0 Å². The van der Waals surface area contributed by atoms with Crippen LogP contribution >= 0.6 is 11.8 Å². The number of thioether (sulfide) groups is 1. The molecule has 0 saturated carbocycles. The fourth-order valence-corrected chi connectivity index (χ4v) is 2.44. The van der Waals surface area contributed by atoms with E-state index in [9.17, 15) is 4.79 Å². The summed E-state index contributed by atoms with van der Waals surface area (Å²) in [4.78, 5) is 10.2. The molecule has 3 nitrogen and oxygen atoms in total. The van der Waals surface area contributed by atoms with E-state index >= 15 is 0 Å². The third kappa shape index (κ3) is 3.03. The molecule has 0 aliphatic carbocycles. The van der Waals surface area contributed by atoms with Crippen molar-refractivity contribution in [3.63, 3.8) is 0 Å². The molecule has 1 N–H and O–H groups in total. The van der Waals surface area contributed by atoms with Crippen LogP contribution in [-0.2, 0) is 9.53 Å². The van der Waals surface area contributed by atoms with Crippen molar-refractivity contribution in [3.8, 4) is 0 Å². The molecule has 0 spiro atoms. The van der Waals surface area contributed by atoms with Crippen LogP contribution in [0.5, 0.6) is 0 Å². The highest BCUT2D eigenvalue weighted by atomic mass is 32.2. The lowest BCUT2D eigenvalue weighted by Crippen LogP contribution is -2.14. The number of carbonyl (C=O) groups is 1. The summed E-state index contributed by atoms with van der Waals surface area (Å²) in [5.41, 5.74) is 0. The first-order chi connectivity index (χ1) is 5.70. The number of rotatable bonds is 4. The minimum atomic E-state index is -0.714. The topological polar surface area (TPSA) is 46.5 Å². The molecule has 2 atom stereocenters. The van der Waals surface area contributed by atoms with Crippen LogP contribution < -0.4 is 0 Å². The van der Waals surface area contributed by atoms with Gasteiger partial charge in [-0.2, -0.15) is 11.8 Å². The summed E-state index contributed by atoms with van der Waals surface area (Å²) in [5.74, 6) is -0.0117. The zero-order chi connectivity index (χ0) is 8.97. The third-order valence-corrected chi connectivity index (χ3v) is 3.44. The van der Waals surface area contributed by atoms with Gasteiger partial charge in [0.05, 0.1) is 12.5 Å². The van der Waals surface area contributed by atoms with Crippen LogP contribution in [0.25, 0.3) is 0 Å². The highest BCUT2D eigenvalue weighted by molar-refractivity contribution is 7.99. The van der Waals surface area contributed by atoms with E-state index in [4.69, 9.17) is 9.84 Å². The van der Waals surface area contributed by atoms with Crippen molar-refractivity contribution in [2.75, 3.05) is 12.4 Å². The number of carboxylic acid groups (broad SMARTS) is 1. The highest BCUT2D eigenvalue weighted by Crippen LogP contribution is 2.26. The standard InChI is InChI=1S/C8H14O3S/c1-6-7(2-4-11-6)12-5-3-8(9)10/h6-7H,2-5H2,1H3,(H,9,10). The lowest BCUT2D eigenvalue weighted by Gasteiger charge is -2.11. The molecule has 70 valence electrons. The molecule has 1 rings (SSSR count). The number of hydrogen-bond acceptors (Lipinski definition) is 3. The van der Waals surface area contributed by atoms with Crippen molar-refractivity contribution in [3.05, 3.63) is 0 Å². The van der Waals surface area contributed by atoms with E-state index in [0.717, 1.165) is 13.0 Å². The molecule has 1 fully saturated rings. The van der Waals surface area contributed by atoms with Crippen LogP contribution in [0.2, 0.25) is 0 Å². The second-order valence-electron chi connectivity index (χ2n) is 2.92. The SMILES string of the molecule is CC1OCCC1SCCC(=O)O. The maximum atomic E-state index is 10.2. The van der Waals surface area contributed by atoms with Crippen LogP contribution in [0.1, 0.15) is 19.8 Å². The maximum absolute atomic E-state index is 10.2. The normalized spacial score (nSPS) is 29.1. The number of hydrogen-bond donors (Lipinski definition) is 1. The Balaban J connectivity index is 2.10. The van der Waals surface area contributed by atoms with E-state index in [2.05, 4.69) is 0 Å². The minimum absolute atomic E-state index is 0.258. The van der Waals surface area contributed by atoms with E-state index in [-0.39, 0.29) is 6.42 Å². The van der Waals surface area contributed by atoms with Gasteiger partial charge in [-0.15, -0.1) is 0 Å². The molecule has 1 saturated heterocycles. The largest absolute Gasteiger partial charge is 0.481 e. The third-order valence-electron chi connectivity index (χ3n) is 1.95. The van der Waals surface area contributed by atoms with Gasteiger partial charge in [0.2, 0.25) is 0 Å². The zero-order valence-electron chi connectivity index (χ0n) is 7.16. The van der Waals surface area contributed by atoms with E-state index < -0.39 is 5.97 Å². The molecule has 12 heavy (non-hydrogen) atoms. The fourth-order valence-electron chi connectivity index (χ4n) is 1.23. The quantitative estimate of drug-likeness (QED) is 0.727. The van der Waals surface area contributed by atoms with Gasteiger partial charge in [0.1, 0.15) is 0 Å². The molecular formula is C8H14O3S. The highest BCUT2D eigenvalue weighted by Gasteiger charge is 2.24. The molecule has 0 aromatic carbocycles. The van der Waals surface area contributed by atoms with E-state index in [1.807, 2.05) is 6.92 Å². The summed E-state index contributed by atoms with van der Waals surface area (Å²) in [6, 6.07) is 0. The molecule has 2 unspecified atom stereocenters. The maximum Gasteiger partial charge on any atom is 0.304 e.